The van der Waals surface area contributed by atoms with E-state index in [0.29, 0.717) is 10.6 Å². The fourth-order valence-corrected chi connectivity index (χ4v) is 2.81. The number of Topliss-reactive ketones (excluding diaryl/α,β-unsaturated/α-hetero) is 1. The second-order valence-electron chi connectivity index (χ2n) is 3.96. The van der Waals surface area contributed by atoms with Crippen LogP contribution >= 0.6 is 11.3 Å². The molecular weight excluding hydrogens is 246 g/mol. The van der Waals surface area contributed by atoms with Crippen LogP contribution in [0.15, 0.2) is 36.4 Å². The monoisotopic (exact) mass is 259 g/mol. The molecule has 0 aliphatic rings. The lowest BCUT2D eigenvalue weighted by Crippen LogP contribution is -2.07. The Morgan fingerprint density at radius 3 is 2.33 bits per heavy atom. The Morgan fingerprint density at radius 2 is 1.78 bits per heavy atom. The molecule has 0 radical (unpaired) electrons. The zero-order valence-electron chi connectivity index (χ0n) is 10.2. The number of benzene rings is 1. The second kappa shape index (κ2) is 5.14. The Morgan fingerprint density at radius 1 is 1.11 bits per heavy atom. The van der Waals surface area contributed by atoms with E-state index < -0.39 is 0 Å². The van der Waals surface area contributed by atoms with Gasteiger partial charge >= 0.3 is 0 Å². The smallest absolute Gasteiger partial charge is 0.221 e. The zero-order valence-corrected chi connectivity index (χ0v) is 11.0. The van der Waals surface area contributed by atoms with E-state index in [9.17, 15) is 9.59 Å². The molecule has 0 atom stereocenters. The van der Waals surface area contributed by atoms with Crippen molar-refractivity contribution >= 4 is 28.0 Å². The standard InChI is InChI=1S/C14H13NO2S/c1-9(16)12-8-13(11-6-4-3-5-7-11)18-14(12)15-10(2)17/h3-8H,1-2H3,(H,15,17). The van der Waals surface area contributed by atoms with E-state index in [4.69, 9.17) is 0 Å². The maximum Gasteiger partial charge on any atom is 0.221 e. The van der Waals surface area contributed by atoms with Crippen molar-refractivity contribution in [3.8, 4) is 10.4 Å². The number of hydrogen-bond donors (Lipinski definition) is 1. The van der Waals surface area contributed by atoms with Crippen LogP contribution in [0.3, 0.4) is 0 Å². The van der Waals surface area contributed by atoms with Crippen LogP contribution in [0.1, 0.15) is 24.2 Å². The molecule has 0 aliphatic heterocycles. The third kappa shape index (κ3) is 2.65. The van der Waals surface area contributed by atoms with Crippen molar-refractivity contribution in [1.82, 2.24) is 0 Å². The van der Waals surface area contributed by atoms with Gasteiger partial charge < -0.3 is 5.32 Å². The average Bonchev–Trinajstić information content (AvgIpc) is 2.73. The molecule has 1 N–H and O–H groups in total. The average molecular weight is 259 g/mol. The van der Waals surface area contributed by atoms with Gasteiger partial charge in [0, 0.05) is 11.8 Å². The first-order valence-corrected chi connectivity index (χ1v) is 6.37. The number of thiophene rings is 1. The lowest BCUT2D eigenvalue weighted by Gasteiger charge is -1.99. The minimum absolute atomic E-state index is 0.0443. The van der Waals surface area contributed by atoms with Gasteiger partial charge in [0.05, 0.1) is 5.56 Å². The molecule has 3 nitrogen and oxygen atoms in total. The zero-order chi connectivity index (χ0) is 13.1. The lowest BCUT2D eigenvalue weighted by atomic mass is 10.1. The quantitative estimate of drug-likeness (QED) is 0.856. The maximum atomic E-state index is 11.5. The summed E-state index contributed by atoms with van der Waals surface area (Å²) >= 11 is 1.42. The van der Waals surface area contributed by atoms with Gasteiger partial charge in [-0.3, -0.25) is 9.59 Å². The molecule has 1 amide bonds. The molecule has 2 aromatic rings. The first-order chi connectivity index (χ1) is 8.58. The summed E-state index contributed by atoms with van der Waals surface area (Å²) in [5.41, 5.74) is 1.61. The fourth-order valence-electron chi connectivity index (χ4n) is 1.65. The highest BCUT2D eigenvalue weighted by Gasteiger charge is 2.14. The van der Waals surface area contributed by atoms with Crippen molar-refractivity contribution in [2.75, 3.05) is 5.32 Å². The minimum atomic E-state index is -0.168. The number of hydrogen-bond acceptors (Lipinski definition) is 3. The molecule has 0 aliphatic carbocycles. The summed E-state index contributed by atoms with van der Waals surface area (Å²) in [5, 5.41) is 3.32. The van der Waals surface area contributed by atoms with E-state index in [-0.39, 0.29) is 11.7 Å². The summed E-state index contributed by atoms with van der Waals surface area (Å²) in [4.78, 5) is 23.6. The van der Waals surface area contributed by atoms with Crippen LogP contribution in [0.4, 0.5) is 5.00 Å². The van der Waals surface area contributed by atoms with Crippen LogP contribution in [0.2, 0.25) is 0 Å². The molecule has 1 heterocycles. The second-order valence-corrected chi connectivity index (χ2v) is 5.01. The van der Waals surface area contributed by atoms with E-state index in [2.05, 4.69) is 5.32 Å². The third-order valence-corrected chi connectivity index (χ3v) is 3.56. The predicted molar refractivity (Wildman–Crippen MR) is 74.1 cm³/mol. The van der Waals surface area contributed by atoms with Gasteiger partial charge in [-0.25, -0.2) is 0 Å². The van der Waals surface area contributed by atoms with E-state index in [0.717, 1.165) is 10.4 Å². The Hall–Kier alpha value is -1.94. The molecule has 0 spiro atoms. The van der Waals surface area contributed by atoms with Crippen LogP contribution in [-0.2, 0) is 4.79 Å². The van der Waals surface area contributed by atoms with Crippen LogP contribution < -0.4 is 5.32 Å². The van der Waals surface area contributed by atoms with E-state index >= 15 is 0 Å². The summed E-state index contributed by atoms with van der Waals surface area (Å²) in [7, 11) is 0. The number of carbonyl (C=O) groups excluding carboxylic acids is 2. The molecule has 0 saturated carbocycles. The summed E-state index contributed by atoms with van der Waals surface area (Å²) < 4.78 is 0. The highest BCUT2D eigenvalue weighted by molar-refractivity contribution is 7.20. The highest BCUT2D eigenvalue weighted by atomic mass is 32.1. The van der Waals surface area contributed by atoms with Gasteiger partial charge in [0.15, 0.2) is 5.78 Å². The van der Waals surface area contributed by atoms with Gasteiger partial charge in [0.1, 0.15) is 5.00 Å². The molecule has 92 valence electrons. The molecule has 2 rings (SSSR count). The van der Waals surface area contributed by atoms with Gasteiger partial charge in [-0.2, -0.15) is 0 Å². The van der Waals surface area contributed by atoms with Crippen molar-refractivity contribution in [3.05, 3.63) is 42.0 Å². The SMILES string of the molecule is CC(=O)Nc1sc(-c2ccccc2)cc1C(C)=O. The van der Waals surface area contributed by atoms with Gasteiger partial charge in [-0.05, 0) is 18.6 Å². The molecule has 0 saturated heterocycles. The Balaban J connectivity index is 2.45. The summed E-state index contributed by atoms with van der Waals surface area (Å²) in [6, 6.07) is 11.6. The van der Waals surface area contributed by atoms with Crippen molar-refractivity contribution < 1.29 is 9.59 Å². The number of nitrogens with one attached hydrogen (secondary N) is 1. The van der Waals surface area contributed by atoms with E-state index in [1.165, 1.54) is 25.2 Å². The number of amides is 1. The summed E-state index contributed by atoms with van der Waals surface area (Å²) in [5.74, 6) is -0.212. The largest absolute Gasteiger partial charge is 0.317 e. The Labute approximate surface area is 109 Å². The van der Waals surface area contributed by atoms with E-state index in [1.54, 1.807) is 0 Å². The van der Waals surface area contributed by atoms with Crippen LogP contribution in [0.25, 0.3) is 10.4 Å². The lowest BCUT2D eigenvalue weighted by molar-refractivity contribution is -0.114. The summed E-state index contributed by atoms with van der Waals surface area (Å²) in [6.45, 7) is 2.94. The summed E-state index contributed by atoms with van der Waals surface area (Å²) in [6.07, 6.45) is 0. The van der Waals surface area contributed by atoms with Gasteiger partial charge in [-0.15, -0.1) is 11.3 Å². The topological polar surface area (TPSA) is 46.2 Å². The first kappa shape index (κ1) is 12.5. The number of anilines is 1. The van der Waals surface area contributed by atoms with Crippen molar-refractivity contribution in [2.24, 2.45) is 0 Å². The molecule has 1 aromatic carbocycles. The third-order valence-electron chi connectivity index (χ3n) is 2.46. The minimum Gasteiger partial charge on any atom is -0.317 e. The highest BCUT2D eigenvalue weighted by Crippen LogP contribution is 2.35. The van der Waals surface area contributed by atoms with Crippen LogP contribution in [-0.4, -0.2) is 11.7 Å². The van der Waals surface area contributed by atoms with Gasteiger partial charge in [-0.1, -0.05) is 30.3 Å². The predicted octanol–water partition coefficient (Wildman–Crippen LogP) is 3.58. The van der Waals surface area contributed by atoms with E-state index in [1.807, 2.05) is 36.4 Å². The molecule has 0 fully saturated rings. The number of carbonyl (C=O) groups is 2. The number of rotatable bonds is 3. The molecule has 0 bridgehead atoms. The normalized spacial score (nSPS) is 10.1. The van der Waals surface area contributed by atoms with Crippen molar-refractivity contribution in [2.45, 2.75) is 13.8 Å². The Kier molecular flexibility index (Phi) is 3.58. The van der Waals surface area contributed by atoms with Crippen LogP contribution in [0.5, 0.6) is 0 Å². The van der Waals surface area contributed by atoms with Crippen LogP contribution in [0, 0.1) is 0 Å². The van der Waals surface area contributed by atoms with Gasteiger partial charge in [0.2, 0.25) is 5.91 Å². The molecular formula is C14H13NO2S. The fraction of sp³-hybridized carbons (Fsp3) is 0.143. The molecule has 1 aromatic heterocycles. The molecule has 0 unspecified atom stereocenters. The van der Waals surface area contributed by atoms with Crippen molar-refractivity contribution in [3.63, 3.8) is 0 Å². The Bertz CT molecular complexity index is 587. The number of ketones is 1. The molecule has 18 heavy (non-hydrogen) atoms. The van der Waals surface area contributed by atoms with Gasteiger partial charge in [0.25, 0.3) is 0 Å². The first-order valence-electron chi connectivity index (χ1n) is 5.55. The van der Waals surface area contributed by atoms with Crippen molar-refractivity contribution in [1.29, 1.82) is 0 Å². The maximum absolute atomic E-state index is 11.5. The molecule has 4 heteroatoms.